The summed E-state index contributed by atoms with van der Waals surface area (Å²) in [5.41, 5.74) is 3.45. The molecule has 24 heavy (non-hydrogen) atoms. The highest BCUT2D eigenvalue weighted by atomic mass is 32.2. The maximum atomic E-state index is 4.57. The molecule has 0 saturated heterocycles. The lowest BCUT2D eigenvalue weighted by atomic mass is 10.0. The van der Waals surface area contributed by atoms with Crippen LogP contribution in [-0.4, -0.2) is 27.3 Å². The summed E-state index contributed by atoms with van der Waals surface area (Å²) in [6, 6.07) is 19.2. The average molecular weight is 336 g/mol. The lowest BCUT2D eigenvalue weighted by molar-refractivity contribution is 0.511. The molecule has 0 saturated carbocycles. The van der Waals surface area contributed by atoms with Gasteiger partial charge in [-0.1, -0.05) is 36.4 Å². The van der Waals surface area contributed by atoms with Crippen molar-refractivity contribution in [1.29, 1.82) is 0 Å². The summed E-state index contributed by atoms with van der Waals surface area (Å²) in [5.74, 6) is 1.18. The molecule has 1 atom stereocenters. The van der Waals surface area contributed by atoms with Gasteiger partial charge in [0.25, 0.3) is 0 Å². The number of nitrogens with one attached hydrogen (secondary N) is 1. The molecule has 0 spiro atoms. The van der Waals surface area contributed by atoms with E-state index in [9.17, 15) is 0 Å². The first-order valence-electron chi connectivity index (χ1n) is 8.32. The number of benzene rings is 2. The van der Waals surface area contributed by atoms with Gasteiger partial charge < -0.3 is 5.32 Å². The highest BCUT2D eigenvalue weighted by Crippen LogP contribution is 2.35. The van der Waals surface area contributed by atoms with Gasteiger partial charge in [-0.15, -0.1) is 11.8 Å². The first-order valence-corrected chi connectivity index (χ1v) is 9.30. The van der Waals surface area contributed by atoms with E-state index in [1.54, 1.807) is 4.80 Å². The molecule has 1 aliphatic heterocycles. The average Bonchev–Trinajstić information content (AvgIpc) is 3.12. The number of para-hydroxylation sites is 1. The van der Waals surface area contributed by atoms with Crippen LogP contribution in [0.2, 0.25) is 0 Å². The van der Waals surface area contributed by atoms with Crippen LogP contribution >= 0.6 is 11.8 Å². The van der Waals surface area contributed by atoms with Gasteiger partial charge >= 0.3 is 0 Å². The topological polar surface area (TPSA) is 42.7 Å². The van der Waals surface area contributed by atoms with Crippen molar-refractivity contribution in [3.05, 3.63) is 72.1 Å². The van der Waals surface area contributed by atoms with Crippen molar-refractivity contribution in [2.75, 3.05) is 12.3 Å². The Morgan fingerprint density at radius 1 is 1.08 bits per heavy atom. The molecule has 1 aromatic heterocycles. The molecule has 5 heteroatoms. The van der Waals surface area contributed by atoms with Gasteiger partial charge in [0.1, 0.15) is 0 Å². The second kappa shape index (κ2) is 7.20. The van der Waals surface area contributed by atoms with Crippen LogP contribution in [0.1, 0.15) is 23.7 Å². The standard InChI is InChI=1S/C19H20N4S/c1-2-6-16(7-3-1)23-21-14-15(22-23)10-12-20-18-11-13-24-19-9-5-4-8-17(18)19/h1-9,14,18,20H,10-13H2. The van der Waals surface area contributed by atoms with E-state index in [0.29, 0.717) is 6.04 Å². The van der Waals surface area contributed by atoms with Crippen LogP contribution in [0.5, 0.6) is 0 Å². The molecule has 2 aromatic carbocycles. The number of aromatic nitrogens is 3. The fourth-order valence-electron chi connectivity index (χ4n) is 3.02. The molecule has 0 amide bonds. The molecular formula is C19H20N4S. The van der Waals surface area contributed by atoms with E-state index in [2.05, 4.69) is 39.8 Å². The smallest absolute Gasteiger partial charge is 0.0856 e. The van der Waals surface area contributed by atoms with Crippen molar-refractivity contribution in [1.82, 2.24) is 20.3 Å². The second-order valence-electron chi connectivity index (χ2n) is 5.89. The molecule has 122 valence electrons. The monoisotopic (exact) mass is 336 g/mol. The van der Waals surface area contributed by atoms with Gasteiger partial charge in [-0.3, -0.25) is 0 Å². The second-order valence-corrected chi connectivity index (χ2v) is 7.03. The summed E-state index contributed by atoms with van der Waals surface area (Å²) < 4.78 is 0. The number of hydrogen-bond donors (Lipinski definition) is 1. The van der Waals surface area contributed by atoms with Gasteiger partial charge in [-0.05, 0) is 35.9 Å². The molecule has 0 aliphatic carbocycles. The van der Waals surface area contributed by atoms with Gasteiger partial charge in [-0.2, -0.15) is 15.0 Å². The van der Waals surface area contributed by atoms with Crippen LogP contribution in [0.15, 0.2) is 65.7 Å². The predicted molar refractivity (Wildman–Crippen MR) is 97.6 cm³/mol. The zero-order valence-corrected chi connectivity index (χ0v) is 14.2. The van der Waals surface area contributed by atoms with Gasteiger partial charge in [0, 0.05) is 23.9 Å². The third kappa shape index (κ3) is 3.37. The molecule has 1 N–H and O–H groups in total. The normalized spacial score (nSPS) is 16.8. The van der Waals surface area contributed by atoms with E-state index in [-0.39, 0.29) is 0 Å². The Hall–Kier alpha value is -2.11. The van der Waals surface area contributed by atoms with Crippen molar-refractivity contribution < 1.29 is 0 Å². The van der Waals surface area contributed by atoms with Crippen molar-refractivity contribution >= 4 is 11.8 Å². The fourth-order valence-corrected chi connectivity index (χ4v) is 4.15. The van der Waals surface area contributed by atoms with Crippen LogP contribution < -0.4 is 5.32 Å². The van der Waals surface area contributed by atoms with Crippen LogP contribution in [0.3, 0.4) is 0 Å². The Morgan fingerprint density at radius 3 is 2.83 bits per heavy atom. The number of thioether (sulfide) groups is 1. The van der Waals surface area contributed by atoms with Gasteiger partial charge in [0.05, 0.1) is 17.6 Å². The molecule has 0 bridgehead atoms. The molecular weight excluding hydrogens is 316 g/mol. The van der Waals surface area contributed by atoms with Crippen molar-refractivity contribution in [3.8, 4) is 5.69 Å². The number of nitrogens with zero attached hydrogens (tertiary/aromatic N) is 3. The molecule has 0 radical (unpaired) electrons. The summed E-state index contributed by atoms with van der Waals surface area (Å²) in [6.45, 7) is 0.914. The summed E-state index contributed by atoms with van der Waals surface area (Å²) in [7, 11) is 0. The summed E-state index contributed by atoms with van der Waals surface area (Å²) in [6.07, 6.45) is 3.93. The summed E-state index contributed by atoms with van der Waals surface area (Å²) >= 11 is 1.96. The summed E-state index contributed by atoms with van der Waals surface area (Å²) in [4.78, 5) is 3.11. The lowest BCUT2D eigenvalue weighted by Gasteiger charge is -2.25. The third-order valence-electron chi connectivity index (χ3n) is 4.26. The lowest BCUT2D eigenvalue weighted by Crippen LogP contribution is -2.26. The molecule has 1 unspecified atom stereocenters. The Bertz CT molecular complexity index is 800. The highest BCUT2D eigenvalue weighted by Gasteiger charge is 2.19. The predicted octanol–water partition coefficient (Wildman–Crippen LogP) is 3.64. The van der Waals surface area contributed by atoms with Crippen LogP contribution in [0.25, 0.3) is 5.69 Å². The largest absolute Gasteiger partial charge is 0.309 e. The fraction of sp³-hybridized carbons (Fsp3) is 0.263. The minimum Gasteiger partial charge on any atom is -0.309 e. The van der Waals surface area contributed by atoms with E-state index >= 15 is 0 Å². The number of rotatable bonds is 5. The molecule has 2 heterocycles. The Labute approximate surface area is 146 Å². The molecule has 1 aliphatic rings. The minimum atomic E-state index is 0.451. The van der Waals surface area contributed by atoms with Crippen molar-refractivity contribution in [3.63, 3.8) is 0 Å². The van der Waals surface area contributed by atoms with Crippen molar-refractivity contribution in [2.24, 2.45) is 0 Å². The molecule has 3 aromatic rings. The zero-order chi connectivity index (χ0) is 16.2. The first-order chi connectivity index (χ1) is 11.9. The Balaban J connectivity index is 1.36. The van der Waals surface area contributed by atoms with Gasteiger partial charge in [0.2, 0.25) is 0 Å². The van der Waals surface area contributed by atoms with E-state index in [1.165, 1.54) is 22.6 Å². The van der Waals surface area contributed by atoms with E-state index in [1.807, 2.05) is 48.3 Å². The maximum Gasteiger partial charge on any atom is 0.0856 e. The Kier molecular flexibility index (Phi) is 4.62. The summed E-state index contributed by atoms with van der Waals surface area (Å²) in [5, 5.41) is 12.6. The first kappa shape index (κ1) is 15.4. The maximum absolute atomic E-state index is 4.57. The van der Waals surface area contributed by atoms with Gasteiger partial charge in [0.15, 0.2) is 0 Å². The molecule has 4 nitrogen and oxygen atoms in total. The van der Waals surface area contributed by atoms with E-state index in [4.69, 9.17) is 0 Å². The zero-order valence-electron chi connectivity index (χ0n) is 13.4. The number of hydrogen-bond acceptors (Lipinski definition) is 4. The van der Waals surface area contributed by atoms with Crippen molar-refractivity contribution in [2.45, 2.75) is 23.8 Å². The third-order valence-corrected chi connectivity index (χ3v) is 5.38. The van der Waals surface area contributed by atoms with Crippen LogP contribution in [0, 0.1) is 0 Å². The van der Waals surface area contributed by atoms with Crippen LogP contribution in [-0.2, 0) is 6.42 Å². The molecule has 0 fully saturated rings. The highest BCUT2D eigenvalue weighted by molar-refractivity contribution is 7.99. The Morgan fingerprint density at radius 2 is 1.92 bits per heavy atom. The van der Waals surface area contributed by atoms with Crippen LogP contribution in [0.4, 0.5) is 0 Å². The van der Waals surface area contributed by atoms with E-state index in [0.717, 1.165) is 24.3 Å². The van der Waals surface area contributed by atoms with Gasteiger partial charge in [-0.25, -0.2) is 0 Å². The minimum absolute atomic E-state index is 0.451. The van der Waals surface area contributed by atoms with E-state index < -0.39 is 0 Å². The quantitative estimate of drug-likeness (QED) is 0.772. The molecule has 4 rings (SSSR count). The SMILES string of the molecule is c1ccc(-n2ncc(CCNC3CCSc4ccccc43)n2)cc1. The number of fused-ring (bicyclic) bond motifs is 1.